The first-order valence-corrected chi connectivity index (χ1v) is 8.57. The topological polar surface area (TPSA) is 84.7 Å². The van der Waals surface area contributed by atoms with Gasteiger partial charge in [-0.05, 0) is 43.3 Å². The van der Waals surface area contributed by atoms with Gasteiger partial charge in [-0.25, -0.2) is 4.39 Å². The second-order valence-corrected chi connectivity index (χ2v) is 6.96. The Morgan fingerprint density at radius 1 is 1.35 bits per heavy atom. The van der Waals surface area contributed by atoms with Crippen molar-refractivity contribution >= 4 is 40.6 Å². The van der Waals surface area contributed by atoms with Gasteiger partial charge in [0.2, 0.25) is 0 Å². The van der Waals surface area contributed by atoms with Crippen LogP contribution in [0.15, 0.2) is 24.3 Å². The molecule has 0 spiro atoms. The molecule has 1 aromatic heterocycles. The molecule has 0 bridgehead atoms. The van der Waals surface area contributed by atoms with Crippen molar-refractivity contribution in [2.24, 2.45) is 5.73 Å². The van der Waals surface area contributed by atoms with E-state index in [0.717, 1.165) is 30.0 Å². The summed E-state index contributed by atoms with van der Waals surface area (Å²) >= 11 is 1.37. The number of hydrogen-bond acceptors (Lipinski definition) is 5. The number of carbonyl (C=O) groups is 2. The van der Waals surface area contributed by atoms with Gasteiger partial charge in [0, 0.05) is 18.0 Å². The maximum absolute atomic E-state index is 12.9. The van der Waals surface area contributed by atoms with Crippen molar-refractivity contribution < 1.29 is 18.7 Å². The molecule has 2 aromatic rings. The van der Waals surface area contributed by atoms with E-state index in [9.17, 15) is 14.0 Å². The number of halogens is 2. The minimum Gasteiger partial charge on any atom is -0.484 e. The molecule has 9 heteroatoms. The van der Waals surface area contributed by atoms with Crippen LogP contribution < -0.4 is 15.8 Å². The monoisotopic (exact) mass is 399 g/mol. The summed E-state index contributed by atoms with van der Waals surface area (Å²) in [5.74, 6) is -0.939. The number of fused-ring (bicyclic) bond motifs is 1. The van der Waals surface area contributed by atoms with Crippen LogP contribution in [0.5, 0.6) is 5.75 Å². The number of amides is 2. The maximum atomic E-state index is 12.9. The summed E-state index contributed by atoms with van der Waals surface area (Å²) in [7, 11) is 2.00. The van der Waals surface area contributed by atoms with Crippen LogP contribution in [0.25, 0.3) is 0 Å². The average molecular weight is 400 g/mol. The minimum absolute atomic E-state index is 0. The Balaban J connectivity index is 0.00000243. The highest BCUT2D eigenvalue weighted by atomic mass is 35.5. The molecule has 1 aromatic carbocycles. The van der Waals surface area contributed by atoms with Crippen molar-refractivity contribution in [2.45, 2.75) is 13.0 Å². The number of likely N-dealkylation sites (N-methyl/N-ethyl adjacent to an activating group) is 1. The van der Waals surface area contributed by atoms with Crippen molar-refractivity contribution in [1.82, 2.24) is 4.90 Å². The van der Waals surface area contributed by atoms with Gasteiger partial charge in [-0.3, -0.25) is 9.59 Å². The fraction of sp³-hybridized carbons (Fsp3) is 0.294. The van der Waals surface area contributed by atoms with Crippen molar-refractivity contribution in [3.8, 4) is 5.75 Å². The van der Waals surface area contributed by atoms with Gasteiger partial charge < -0.3 is 20.7 Å². The first-order valence-electron chi connectivity index (χ1n) is 7.75. The lowest BCUT2D eigenvalue weighted by Gasteiger charge is -2.22. The number of nitrogens with zero attached hydrogens (tertiary/aromatic N) is 1. The van der Waals surface area contributed by atoms with Gasteiger partial charge in [0.05, 0.1) is 5.56 Å². The van der Waals surface area contributed by atoms with E-state index in [1.54, 1.807) is 0 Å². The number of carbonyl (C=O) groups excluding carboxylic acids is 2. The van der Waals surface area contributed by atoms with E-state index in [1.807, 2.05) is 7.05 Å². The van der Waals surface area contributed by atoms with E-state index in [-0.39, 0.29) is 24.8 Å². The average Bonchev–Trinajstić information content (AvgIpc) is 2.91. The Kier molecular flexibility index (Phi) is 6.57. The third-order valence-corrected chi connectivity index (χ3v) is 5.06. The zero-order chi connectivity index (χ0) is 18.0. The molecule has 2 heterocycles. The summed E-state index contributed by atoms with van der Waals surface area (Å²) < 4.78 is 18.2. The smallest absolute Gasteiger partial charge is 0.262 e. The second-order valence-electron chi connectivity index (χ2n) is 5.85. The van der Waals surface area contributed by atoms with Crippen LogP contribution in [0.4, 0.5) is 9.39 Å². The van der Waals surface area contributed by atoms with E-state index in [0.29, 0.717) is 16.3 Å². The molecular formula is C17H19ClFN3O3S. The van der Waals surface area contributed by atoms with Crippen molar-refractivity contribution in [3.63, 3.8) is 0 Å². The molecule has 2 amide bonds. The van der Waals surface area contributed by atoms with Gasteiger partial charge in [0.25, 0.3) is 11.8 Å². The van der Waals surface area contributed by atoms with Crippen LogP contribution >= 0.6 is 23.7 Å². The number of thiophene rings is 1. The first kappa shape index (κ1) is 20.2. The molecule has 0 atom stereocenters. The van der Waals surface area contributed by atoms with Crippen LogP contribution in [-0.2, 0) is 17.8 Å². The predicted molar refractivity (Wildman–Crippen MR) is 101 cm³/mol. The highest BCUT2D eigenvalue weighted by Crippen LogP contribution is 2.36. The lowest BCUT2D eigenvalue weighted by Crippen LogP contribution is -2.27. The highest BCUT2D eigenvalue weighted by Gasteiger charge is 2.26. The molecule has 0 fully saturated rings. The van der Waals surface area contributed by atoms with E-state index < -0.39 is 11.8 Å². The van der Waals surface area contributed by atoms with Crippen LogP contribution in [-0.4, -0.2) is 36.9 Å². The molecule has 3 N–H and O–H groups in total. The third kappa shape index (κ3) is 4.51. The Labute approximate surface area is 160 Å². The van der Waals surface area contributed by atoms with E-state index in [4.69, 9.17) is 10.5 Å². The van der Waals surface area contributed by atoms with Crippen LogP contribution in [0, 0.1) is 5.82 Å². The molecule has 0 radical (unpaired) electrons. The number of nitrogens with one attached hydrogen (secondary N) is 1. The number of hydrogen-bond donors (Lipinski definition) is 2. The number of benzene rings is 1. The Hall–Kier alpha value is -2.16. The van der Waals surface area contributed by atoms with Gasteiger partial charge in [-0.1, -0.05) is 0 Å². The zero-order valence-electron chi connectivity index (χ0n) is 14.1. The summed E-state index contributed by atoms with van der Waals surface area (Å²) in [6, 6.07) is 5.39. The zero-order valence-corrected chi connectivity index (χ0v) is 15.7. The molecule has 6 nitrogen and oxygen atoms in total. The Morgan fingerprint density at radius 2 is 2.04 bits per heavy atom. The SMILES string of the molecule is CN1CCc2c(sc(NC(=O)COc3ccc(F)cc3)c2C(N)=O)C1.Cl. The van der Waals surface area contributed by atoms with Crippen LogP contribution in [0.1, 0.15) is 20.8 Å². The predicted octanol–water partition coefficient (Wildman–Crippen LogP) is 2.41. The summed E-state index contributed by atoms with van der Waals surface area (Å²) in [5.41, 5.74) is 6.82. The van der Waals surface area contributed by atoms with Crippen molar-refractivity contribution in [2.75, 3.05) is 25.5 Å². The number of rotatable bonds is 5. The van der Waals surface area contributed by atoms with Crippen molar-refractivity contribution in [3.05, 3.63) is 46.1 Å². The number of primary amides is 1. The quantitative estimate of drug-likeness (QED) is 0.808. The third-order valence-electron chi connectivity index (χ3n) is 3.93. The van der Waals surface area contributed by atoms with Crippen LogP contribution in [0.3, 0.4) is 0 Å². The summed E-state index contributed by atoms with van der Waals surface area (Å²) in [5, 5.41) is 3.17. The molecule has 1 aliphatic heterocycles. The molecule has 0 saturated heterocycles. The summed E-state index contributed by atoms with van der Waals surface area (Å²) in [6.45, 7) is 1.32. The van der Waals surface area contributed by atoms with Crippen molar-refractivity contribution in [1.29, 1.82) is 0 Å². The van der Waals surface area contributed by atoms with Gasteiger partial charge in [0.1, 0.15) is 16.6 Å². The maximum Gasteiger partial charge on any atom is 0.262 e. The van der Waals surface area contributed by atoms with E-state index in [1.165, 1.54) is 35.6 Å². The van der Waals surface area contributed by atoms with E-state index >= 15 is 0 Å². The number of nitrogens with two attached hydrogens (primary N) is 1. The summed E-state index contributed by atoms with van der Waals surface area (Å²) in [4.78, 5) is 27.1. The minimum atomic E-state index is -0.545. The molecule has 140 valence electrons. The molecule has 1 aliphatic rings. The fourth-order valence-electron chi connectivity index (χ4n) is 2.72. The Bertz CT molecular complexity index is 810. The standard InChI is InChI=1S/C17H18FN3O3S.ClH/c1-21-7-6-12-13(8-21)25-17(15(12)16(19)23)20-14(22)9-24-11-4-2-10(18)3-5-11;/h2-5H,6-9H2,1H3,(H2,19,23)(H,20,22);1H. The van der Waals surface area contributed by atoms with Gasteiger partial charge >= 0.3 is 0 Å². The molecular weight excluding hydrogens is 381 g/mol. The van der Waals surface area contributed by atoms with Gasteiger partial charge in [-0.2, -0.15) is 0 Å². The first-order chi connectivity index (χ1) is 11.9. The summed E-state index contributed by atoms with van der Waals surface area (Å²) in [6.07, 6.45) is 0.725. The molecule has 0 saturated carbocycles. The molecule has 0 aliphatic carbocycles. The highest BCUT2D eigenvalue weighted by molar-refractivity contribution is 7.17. The van der Waals surface area contributed by atoms with E-state index in [2.05, 4.69) is 10.2 Å². The molecule has 0 unspecified atom stereocenters. The fourth-order valence-corrected chi connectivity index (χ4v) is 4.07. The normalized spacial score (nSPS) is 13.5. The Morgan fingerprint density at radius 3 is 2.69 bits per heavy atom. The van der Waals surface area contributed by atoms with Gasteiger partial charge in [-0.15, -0.1) is 23.7 Å². The molecule has 26 heavy (non-hydrogen) atoms. The lowest BCUT2D eigenvalue weighted by molar-refractivity contribution is -0.118. The van der Waals surface area contributed by atoms with Crippen LogP contribution in [0.2, 0.25) is 0 Å². The largest absolute Gasteiger partial charge is 0.484 e. The number of anilines is 1. The number of ether oxygens (including phenoxy) is 1. The second kappa shape index (κ2) is 8.48. The lowest BCUT2D eigenvalue weighted by atomic mass is 10.0. The molecule has 3 rings (SSSR count). The van der Waals surface area contributed by atoms with Gasteiger partial charge in [0.15, 0.2) is 6.61 Å².